The summed E-state index contributed by atoms with van der Waals surface area (Å²) in [4.78, 5) is 95.9. The Bertz CT molecular complexity index is 3020. The SMILES string of the molecule is COC(=O)[C@H](CO)NC(=O)c1nc([C@@H](NC(=O)c2csc(C(NC(=O)c3nc(/C(=C/[C@H](C)O[Si](c4ccccc4)(c4ccccc4)C(C)(C)C)NC(=O)[C@@H]4[C@@H](C)OC(C)(C)N4C(=O)OC(C)(C)C)oc3C)OC)n2)[C@@H](C)O)oc1C. The van der Waals surface area contributed by atoms with Gasteiger partial charge >= 0.3 is 12.1 Å². The fourth-order valence-electron chi connectivity index (χ4n) is 9.26. The van der Waals surface area contributed by atoms with E-state index in [-0.39, 0.29) is 51.1 Å². The third kappa shape index (κ3) is 13.9. The van der Waals surface area contributed by atoms with Crippen molar-refractivity contribution in [1.82, 2.24) is 41.1 Å². The lowest BCUT2D eigenvalue weighted by molar-refractivity contribution is -0.143. The van der Waals surface area contributed by atoms with Crippen molar-refractivity contribution in [3.8, 4) is 0 Å². The number of esters is 1. The first kappa shape index (κ1) is 62.1. The second-order valence-electron chi connectivity index (χ2n) is 21.6. The Balaban J connectivity index is 1.30. The first-order chi connectivity index (χ1) is 37.5. The van der Waals surface area contributed by atoms with Crippen molar-refractivity contribution >= 4 is 71.4 Å². The van der Waals surface area contributed by atoms with Gasteiger partial charge in [0.1, 0.15) is 51.3 Å². The van der Waals surface area contributed by atoms with Crippen LogP contribution in [0.4, 0.5) is 4.79 Å². The number of benzene rings is 2. The minimum atomic E-state index is -3.21. The maximum absolute atomic E-state index is 14.8. The number of ether oxygens (including phenoxy) is 4. The Morgan fingerprint density at radius 2 is 1.41 bits per heavy atom. The molecule has 1 saturated heterocycles. The molecule has 3 aromatic heterocycles. The fourth-order valence-corrected chi connectivity index (χ4v) is 14.7. The summed E-state index contributed by atoms with van der Waals surface area (Å²) in [6, 6.07) is 16.1. The summed E-state index contributed by atoms with van der Waals surface area (Å²) in [6.07, 6.45) is -3.25. The summed E-state index contributed by atoms with van der Waals surface area (Å²) in [5, 5.41) is 33.9. The van der Waals surface area contributed by atoms with Gasteiger partial charge in [0.05, 0.1) is 32.0 Å². The van der Waals surface area contributed by atoms with Crippen molar-refractivity contribution in [3.63, 3.8) is 0 Å². The van der Waals surface area contributed by atoms with Crippen molar-refractivity contribution in [3.05, 3.63) is 118 Å². The highest BCUT2D eigenvalue weighted by atomic mass is 32.1. The molecule has 4 heterocycles. The van der Waals surface area contributed by atoms with Gasteiger partial charge in [0.15, 0.2) is 23.7 Å². The van der Waals surface area contributed by atoms with Gasteiger partial charge in [-0.3, -0.25) is 24.1 Å². The number of hydrogen-bond donors (Lipinski definition) is 6. The van der Waals surface area contributed by atoms with E-state index in [4.69, 9.17) is 27.5 Å². The van der Waals surface area contributed by atoms with E-state index < -0.39 is 110 Å². The number of carbonyl (C=O) groups excluding carboxylic acids is 6. The zero-order valence-electron chi connectivity index (χ0n) is 47.6. The molecule has 6 N–H and O–H groups in total. The highest BCUT2D eigenvalue weighted by Gasteiger charge is 2.54. The summed E-state index contributed by atoms with van der Waals surface area (Å²) in [6.45, 7) is 21.9. The molecule has 0 spiro atoms. The molecule has 0 saturated carbocycles. The lowest BCUT2D eigenvalue weighted by Crippen LogP contribution is -2.67. The number of amides is 5. The van der Waals surface area contributed by atoms with Gasteiger partial charge in [-0.2, -0.15) is 0 Å². The van der Waals surface area contributed by atoms with Crippen LogP contribution in [0.15, 0.2) is 81.0 Å². The average molecular weight is 1150 g/mol. The van der Waals surface area contributed by atoms with Crippen LogP contribution in [0.25, 0.3) is 5.70 Å². The van der Waals surface area contributed by atoms with Gasteiger partial charge in [0, 0.05) is 12.5 Å². The molecule has 5 aromatic rings. The molecule has 1 fully saturated rings. The average Bonchev–Trinajstić information content (AvgIpc) is 4.22. The van der Waals surface area contributed by atoms with Crippen molar-refractivity contribution in [1.29, 1.82) is 0 Å². The monoisotopic (exact) mass is 1140 g/mol. The highest BCUT2D eigenvalue weighted by Crippen LogP contribution is 2.39. The van der Waals surface area contributed by atoms with Crippen LogP contribution >= 0.6 is 11.3 Å². The Hall–Kier alpha value is -7.13. The summed E-state index contributed by atoms with van der Waals surface area (Å²) < 4.78 is 41.4. The number of thiazole rings is 1. The van der Waals surface area contributed by atoms with Crippen LogP contribution in [0, 0.1) is 13.8 Å². The molecule has 7 atom stereocenters. The Morgan fingerprint density at radius 1 is 0.838 bits per heavy atom. The molecule has 6 rings (SSSR count). The van der Waals surface area contributed by atoms with Crippen LogP contribution in [-0.2, 0) is 33.0 Å². The number of rotatable bonds is 20. The second-order valence-corrected chi connectivity index (χ2v) is 26.7. The fraction of sp³-hybridized carbons (Fsp3) is 0.473. The zero-order valence-corrected chi connectivity index (χ0v) is 49.4. The van der Waals surface area contributed by atoms with Crippen LogP contribution < -0.4 is 31.6 Å². The van der Waals surface area contributed by atoms with E-state index >= 15 is 0 Å². The van der Waals surface area contributed by atoms with E-state index in [0.29, 0.717) is 0 Å². The number of aliphatic hydroxyl groups excluding tert-OH is 2. The molecule has 1 aliphatic rings. The van der Waals surface area contributed by atoms with Crippen molar-refractivity contribution in [2.24, 2.45) is 0 Å². The van der Waals surface area contributed by atoms with Crippen LogP contribution in [0.5, 0.6) is 0 Å². The van der Waals surface area contributed by atoms with Gasteiger partial charge in [-0.15, -0.1) is 11.3 Å². The highest BCUT2D eigenvalue weighted by molar-refractivity contribution is 7.09. The number of nitrogens with zero attached hydrogens (tertiary/aromatic N) is 4. The predicted octanol–water partition coefficient (Wildman–Crippen LogP) is 5.11. The standard InChI is InChI=1S/C55H72N8O15SSi/c1-29(78-80(54(9,10)11,34-22-18-16-19-23-34)35-24-20-17-21-25-35)26-36(56-46(69)42-33(5)76-55(12,13)63(42)52(71)77-53(6,7)8)47-60-41(31(3)74-47)45(68)62-49(72-14)50-58-38(28-79-50)43(66)59-39(30(2)65)48-61-40(32(4)75-48)44(67)57-37(27-64)51(70)73-15/h16-26,28-30,33,37,39,42,49,64-65H,27H2,1-15H3,(H,56,69)(H,57,67)(H,59,66)(H,62,68)/b36-26-/t29-,30+,33+,37-,39-,42-,49?/m0/s1. The van der Waals surface area contributed by atoms with E-state index in [2.05, 4.69) is 86.0 Å². The van der Waals surface area contributed by atoms with E-state index in [9.17, 15) is 39.0 Å². The third-order valence-corrected chi connectivity index (χ3v) is 18.8. The zero-order chi connectivity index (χ0) is 59.2. The Morgan fingerprint density at radius 3 is 1.95 bits per heavy atom. The molecule has 0 aliphatic carbocycles. The molecule has 1 aliphatic heterocycles. The van der Waals surface area contributed by atoms with Crippen molar-refractivity contribution < 1.29 is 71.2 Å². The minimum absolute atomic E-state index is 0.0143. The first-order valence-corrected chi connectivity index (χ1v) is 28.5. The van der Waals surface area contributed by atoms with Crippen molar-refractivity contribution in [2.75, 3.05) is 20.8 Å². The van der Waals surface area contributed by atoms with Gasteiger partial charge in [-0.25, -0.2) is 24.5 Å². The van der Waals surface area contributed by atoms with Gasteiger partial charge < -0.3 is 63.7 Å². The normalized spacial score (nSPS) is 17.6. The minimum Gasteiger partial charge on any atom is -0.467 e. The molecular formula is C55H72N8O15SSi. The van der Waals surface area contributed by atoms with Gasteiger partial charge in [-0.05, 0) is 90.7 Å². The number of nitrogens with one attached hydrogen (secondary N) is 4. The number of hydrogen-bond acceptors (Lipinski definition) is 19. The maximum Gasteiger partial charge on any atom is 0.413 e. The number of oxazole rings is 2. The summed E-state index contributed by atoms with van der Waals surface area (Å²) in [5.74, 6) is -4.42. The predicted molar refractivity (Wildman–Crippen MR) is 295 cm³/mol. The summed E-state index contributed by atoms with van der Waals surface area (Å²) >= 11 is 0.966. The molecule has 1 unspecified atom stereocenters. The van der Waals surface area contributed by atoms with E-state index in [0.717, 1.165) is 28.8 Å². The van der Waals surface area contributed by atoms with Gasteiger partial charge in [0.25, 0.3) is 26.0 Å². The largest absolute Gasteiger partial charge is 0.467 e. The van der Waals surface area contributed by atoms with E-state index in [1.54, 1.807) is 47.6 Å². The van der Waals surface area contributed by atoms with Crippen molar-refractivity contribution in [2.45, 2.75) is 149 Å². The number of aromatic nitrogens is 3. The second kappa shape index (κ2) is 25.1. The summed E-state index contributed by atoms with van der Waals surface area (Å²) in [7, 11) is -0.810. The topological polar surface area (TPSA) is 305 Å². The van der Waals surface area contributed by atoms with Crippen LogP contribution in [0.2, 0.25) is 5.04 Å². The quantitative estimate of drug-likeness (QED) is 0.0335. The molecule has 2 aromatic carbocycles. The smallest absolute Gasteiger partial charge is 0.413 e. The number of aryl methyl sites for hydroxylation is 2. The van der Waals surface area contributed by atoms with Crippen LogP contribution in [-0.4, -0.2) is 137 Å². The molecule has 80 heavy (non-hydrogen) atoms. The van der Waals surface area contributed by atoms with Crippen LogP contribution in [0.3, 0.4) is 0 Å². The van der Waals surface area contributed by atoms with Gasteiger partial charge in [0.2, 0.25) is 17.7 Å². The lowest BCUT2D eigenvalue weighted by Gasteiger charge is -2.44. The maximum atomic E-state index is 14.8. The Kier molecular flexibility index (Phi) is 19.5. The number of aliphatic hydroxyl groups is 2. The molecule has 432 valence electrons. The number of carbonyl (C=O) groups is 6. The van der Waals surface area contributed by atoms with E-state index in [1.165, 1.54) is 38.2 Å². The molecule has 25 heteroatoms. The molecule has 23 nitrogen and oxygen atoms in total. The van der Waals surface area contributed by atoms with Gasteiger partial charge in [-0.1, -0.05) is 81.4 Å². The van der Waals surface area contributed by atoms with Crippen LogP contribution in [0.1, 0.15) is 148 Å². The number of methoxy groups -OCH3 is 2. The van der Waals surface area contributed by atoms with E-state index in [1.807, 2.05) is 43.3 Å². The summed E-state index contributed by atoms with van der Waals surface area (Å²) in [5.41, 5.74) is -2.76. The molecule has 0 bridgehead atoms. The lowest BCUT2D eigenvalue weighted by atomic mass is 10.1. The molecule has 5 amide bonds. The molecule has 0 radical (unpaired) electrons. The Labute approximate surface area is 469 Å². The first-order valence-electron chi connectivity index (χ1n) is 25.7. The molecular weight excluding hydrogens is 1070 g/mol. The third-order valence-electron chi connectivity index (χ3n) is 12.8.